The SMILES string of the molecule is CCCN(CCC)C(=O)c1cc(NC(=O)c2ccc(C)c([N+](=O)[O-])c2)c(=O)n(C)c1. The molecule has 0 unspecified atom stereocenters. The Balaban J connectivity index is 2.37. The minimum Gasteiger partial charge on any atom is -0.339 e. The highest BCUT2D eigenvalue weighted by Crippen LogP contribution is 2.20. The van der Waals surface area contributed by atoms with Gasteiger partial charge < -0.3 is 14.8 Å². The number of carbonyl (C=O) groups excluding carboxylic acids is 2. The minimum atomic E-state index is -0.668. The number of nitrogens with zero attached hydrogens (tertiary/aromatic N) is 3. The van der Waals surface area contributed by atoms with Crippen LogP contribution in [0.15, 0.2) is 35.3 Å². The Morgan fingerprint density at radius 1 is 1.13 bits per heavy atom. The van der Waals surface area contributed by atoms with Gasteiger partial charge in [-0.25, -0.2) is 0 Å². The van der Waals surface area contributed by atoms with Crippen LogP contribution >= 0.6 is 0 Å². The summed E-state index contributed by atoms with van der Waals surface area (Å²) >= 11 is 0. The van der Waals surface area contributed by atoms with Crippen LogP contribution in [0.5, 0.6) is 0 Å². The fourth-order valence-corrected chi connectivity index (χ4v) is 3.10. The highest BCUT2D eigenvalue weighted by molar-refractivity contribution is 6.05. The van der Waals surface area contributed by atoms with Gasteiger partial charge in [0.15, 0.2) is 0 Å². The zero-order valence-electron chi connectivity index (χ0n) is 17.6. The second-order valence-electron chi connectivity index (χ2n) is 7.06. The van der Waals surface area contributed by atoms with Gasteiger partial charge in [0.2, 0.25) is 0 Å². The molecule has 0 spiro atoms. The number of nitrogens with one attached hydrogen (secondary N) is 1. The van der Waals surface area contributed by atoms with Crippen LogP contribution in [0.2, 0.25) is 0 Å². The first-order chi connectivity index (χ1) is 14.2. The number of rotatable bonds is 8. The molecule has 1 heterocycles. The van der Waals surface area contributed by atoms with Gasteiger partial charge in [-0.3, -0.25) is 24.5 Å². The van der Waals surface area contributed by atoms with Crippen molar-refractivity contribution in [2.45, 2.75) is 33.6 Å². The smallest absolute Gasteiger partial charge is 0.274 e. The van der Waals surface area contributed by atoms with Crippen molar-refractivity contribution in [3.63, 3.8) is 0 Å². The van der Waals surface area contributed by atoms with Crippen molar-refractivity contribution in [3.8, 4) is 0 Å². The molecule has 9 nitrogen and oxygen atoms in total. The number of pyridine rings is 1. The van der Waals surface area contributed by atoms with E-state index in [1.54, 1.807) is 11.8 Å². The van der Waals surface area contributed by atoms with E-state index in [2.05, 4.69) is 5.32 Å². The number of anilines is 1. The molecular formula is C21H26N4O5. The molecule has 2 amide bonds. The Kier molecular flexibility index (Phi) is 7.46. The second kappa shape index (κ2) is 9.82. The van der Waals surface area contributed by atoms with E-state index >= 15 is 0 Å². The number of nitro groups is 1. The molecule has 1 aromatic carbocycles. The van der Waals surface area contributed by atoms with E-state index in [1.807, 2.05) is 13.8 Å². The van der Waals surface area contributed by atoms with Crippen molar-refractivity contribution in [1.29, 1.82) is 0 Å². The minimum absolute atomic E-state index is 0.0460. The Morgan fingerprint density at radius 3 is 2.33 bits per heavy atom. The molecule has 30 heavy (non-hydrogen) atoms. The molecule has 0 radical (unpaired) electrons. The summed E-state index contributed by atoms with van der Waals surface area (Å²) in [5, 5.41) is 13.6. The number of nitro benzene ring substituents is 1. The van der Waals surface area contributed by atoms with Gasteiger partial charge in [0.05, 0.1) is 10.5 Å². The van der Waals surface area contributed by atoms with Crippen LogP contribution in [0.3, 0.4) is 0 Å². The lowest BCUT2D eigenvalue weighted by Gasteiger charge is -2.22. The number of carbonyl (C=O) groups is 2. The number of aryl methyl sites for hydroxylation is 2. The largest absolute Gasteiger partial charge is 0.339 e. The topological polar surface area (TPSA) is 115 Å². The average molecular weight is 414 g/mol. The zero-order chi connectivity index (χ0) is 22.4. The monoisotopic (exact) mass is 414 g/mol. The lowest BCUT2D eigenvalue weighted by atomic mass is 10.1. The Bertz CT molecular complexity index is 1020. The molecule has 0 fully saturated rings. The zero-order valence-corrected chi connectivity index (χ0v) is 17.6. The number of hydrogen-bond acceptors (Lipinski definition) is 5. The van der Waals surface area contributed by atoms with Gasteiger partial charge in [-0.1, -0.05) is 19.9 Å². The predicted molar refractivity (Wildman–Crippen MR) is 114 cm³/mol. The fraction of sp³-hybridized carbons (Fsp3) is 0.381. The molecule has 1 N–H and O–H groups in total. The summed E-state index contributed by atoms with van der Waals surface area (Å²) in [6.07, 6.45) is 3.04. The summed E-state index contributed by atoms with van der Waals surface area (Å²) in [4.78, 5) is 50.2. The molecule has 2 rings (SSSR count). The Labute approximate surface area is 174 Å². The maximum atomic E-state index is 12.9. The van der Waals surface area contributed by atoms with E-state index < -0.39 is 16.4 Å². The molecule has 9 heteroatoms. The number of amides is 2. The maximum absolute atomic E-state index is 12.9. The van der Waals surface area contributed by atoms with Crippen LogP contribution in [0.25, 0.3) is 0 Å². The van der Waals surface area contributed by atoms with Crippen molar-refractivity contribution in [2.24, 2.45) is 7.05 Å². The third-order valence-corrected chi connectivity index (χ3v) is 4.62. The molecule has 0 aliphatic carbocycles. The van der Waals surface area contributed by atoms with Crippen LogP contribution < -0.4 is 10.9 Å². The van der Waals surface area contributed by atoms with E-state index in [0.717, 1.165) is 18.9 Å². The molecule has 0 atom stereocenters. The molecule has 0 saturated heterocycles. The first-order valence-corrected chi connectivity index (χ1v) is 9.75. The van der Waals surface area contributed by atoms with Gasteiger partial charge in [-0.05, 0) is 31.9 Å². The summed E-state index contributed by atoms with van der Waals surface area (Å²) in [7, 11) is 1.50. The van der Waals surface area contributed by atoms with Crippen LogP contribution in [-0.2, 0) is 7.05 Å². The highest BCUT2D eigenvalue weighted by Gasteiger charge is 2.19. The number of hydrogen-bond donors (Lipinski definition) is 1. The lowest BCUT2D eigenvalue weighted by Crippen LogP contribution is -2.34. The first-order valence-electron chi connectivity index (χ1n) is 9.75. The third kappa shape index (κ3) is 5.11. The molecule has 0 saturated carbocycles. The quantitative estimate of drug-likeness (QED) is 0.526. The molecule has 160 valence electrons. The van der Waals surface area contributed by atoms with E-state index in [0.29, 0.717) is 18.7 Å². The molecular weight excluding hydrogens is 388 g/mol. The van der Waals surface area contributed by atoms with Crippen molar-refractivity contribution < 1.29 is 14.5 Å². The van der Waals surface area contributed by atoms with Crippen molar-refractivity contribution in [1.82, 2.24) is 9.47 Å². The summed E-state index contributed by atoms with van der Waals surface area (Å²) < 4.78 is 1.23. The van der Waals surface area contributed by atoms with Gasteiger partial charge in [0, 0.05) is 43.5 Å². The molecule has 2 aromatic rings. The Hall–Kier alpha value is -3.49. The summed E-state index contributed by atoms with van der Waals surface area (Å²) in [5.74, 6) is -0.894. The number of benzene rings is 1. The summed E-state index contributed by atoms with van der Waals surface area (Å²) in [5.41, 5.74) is 0.0127. The van der Waals surface area contributed by atoms with Crippen molar-refractivity contribution in [2.75, 3.05) is 18.4 Å². The van der Waals surface area contributed by atoms with Crippen LogP contribution in [-0.4, -0.2) is 39.3 Å². The second-order valence-corrected chi connectivity index (χ2v) is 7.06. The first kappa shape index (κ1) is 22.8. The summed E-state index contributed by atoms with van der Waals surface area (Å²) in [6.45, 7) is 6.70. The lowest BCUT2D eigenvalue weighted by molar-refractivity contribution is -0.385. The van der Waals surface area contributed by atoms with Gasteiger partial charge in [0.1, 0.15) is 5.69 Å². The van der Waals surface area contributed by atoms with Crippen molar-refractivity contribution >= 4 is 23.2 Å². The van der Waals surface area contributed by atoms with E-state index in [9.17, 15) is 24.5 Å². The normalized spacial score (nSPS) is 10.5. The molecule has 1 aromatic heterocycles. The molecule has 0 aliphatic heterocycles. The molecule has 0 bridgehead atoms. The van der Waals surface area contributed by atoms with Gasteiger partial charge in [-0.2, -0.15) is 0 Å². The van der Waals surface area contributed by atoms with Crippen LogP contribution in [0.1, 0.15) is 53.0 Å². The number of aromatic nitrogens is 1. The van der Waals surface area contributed by atoms with E-state index in [1.165, 1.54) is 36.0 Å². The summed E-state index contributed by atoms with van der Waals surface area (Å²) in [6, 6.07) is 5.43. The standard InChI is InChI=1S/C21H26N4O5/c1-5-9-24(10-6-2)20(27)16-11-17(21(28)23(4)13-16)22-19(26)15-8-7-14(3)18(12-15)25(29)30/h7-8,11-13H,5-6,9-10H2,1-4H3,(H,22,26). The van der Waals surface area contributed by atoms with Crippen molar-refractivity contribution in [3.05, 3.63) is 67.6 Å². The van der Waals surface area contributed by atoms with E-state index in [4.69, 9.17) is 0 Å². The van der Waals surface area contributed by atoms with Gasteiger partial charge >= 0.3 is 0 Å². The Morgan fingerprint density at radius 2 is 1.77 bits per heavy atom. The van der Waals surface area contributed by atoms with E-state index in [-0.39, 0.29) is 28.4 Å². The predicted octanol–water partition coefficient (Wildman–Crippen LogP) is 3.12. The average Bonchev–Trinajstić information content (AvgIpc) is 2.70. The van der Waals surface area contributed by atoms with Gasteiger partial charge in [-0.15, -0.1) is 0 Å². The maximum Gasteiger partial charge on any atom is 0.274 e. The third-order valence-electron chi connectivity index (χ3n) is 4.62. The fourth-order valence-electron chi connectivity index (χ4n) is 3.10. The van der Waals surface area contributed by atoms with Gasteiger partial charge in [0.25, 0.3) is 23.1 Å². The van der Waals surface area contributed by atoms with Crippen LogP contribution in [0.4, 0.5) is 11.4 Å². The highest BCUT2D eigenvalue weighted by atomic mass is 16.6. The van der Waals surface area contributed by atoms with Crippen LogP contribution in [0, 0.1) is 17.0 Å². The molecule has 0 aliphatic rings.